The Kier molecular flexibility index (Phi) is 178. The van der Waals surface area contributed by atoms with E-state index in [2.05, 4.69) is 0 Å². The zero-order valence-corrected chi connectivity index (χ0v) is 13.2. The fourth-order valence-electron chi connectivity index (χ4n) is 0. The normalized spacial score (nSPS) is 4.33. The molecule has 18 heavy (non-hydrogen) atoms. The van der Waals surface area contributed by atoms with Crippen LogP contribution in [0, 0.1) is 0 Å². The third-order valence-corrected chi connectivity index (χ3v) is 0. The molecule has 0 aliphatic heterocycles. The van der Waals surface area contributed by atoms with Crippen LogP contribution in [-0.2, 0) is 13.7 Å². The molecule has 0 aromatic carbocycles. The Balaban J connectivity index is -0.00000000827. The summed E-state index contributed by atoms with van der Waals surface area (Å²) in [6.07, 6.45) is 0. The third kappa shape index (κ3) is 4640. The molecular formula is H8Al2O13P3+3. The summed E-state index contributed by atoms with van der Waals surface area (Å²) < 4.78 is 25.4. The minimum Gasteiger partial charge on any atom is -0.598 e. The number of hydrogen-bond acceptors (Lipinski definition) is 9. The second-order valence-electron chi connectivity index (χ2n) is 0.671. The van der Waals surface area contributed by atoms with Crippen LogP contribution in [0.2, 0.25) is 0 Å². The molecule has 104 valence electrons. The van der Waals surface area contributed by atoms with E-state index in [1.807, 2.05) is 0 Å². The SMILES string of the molecule is O.O.O.O.O=[P+]([O-])[O-].O=[P+]([O-])[O-].O=[P+]([O-])[O-].[Al+3].[Al+3]. The molecule has 0 fully saturated rings. The first-order chi connectivity index (χ1) is 5.20. The largest absolute Gasteiger partial charge is 3.00 e. The van der Waals surface area contributed by atoms with Gasteiger partial charge in [0.25, 0.3) is 24.8 Å². The van der Waals surface area contributed by atoms with E-state index in [0.29, 0.717) is 0 Å². The topological polar surface area (TPSA) is 316 Å². The summed E-state index contributed by atoms with van der Waals surface area (Å²) in [5, 5.41) is 0. The second-order valence-corrected chi connectivity index (χ2v) is 2.01. The zero-order valence-electron chi connectivity index (χ0n) is 8.17. The average Bonchev–Trinajstić information content (AvgIpc) is 1.54. The molecular weight excluding hydrogens is 355 g/mol. The van der Waals surface area contributed by atoms with Crippen molar-refractivity contribution >= 4 is 59.5 Å². The Morgan fingerprint density at radius 2 is 0.444 bits per heavy atom. The van der Waals surface area contributed by atoms with Gasteiger partial charge >= 0.3 is 34.7 Å². The molecule has 0 radical (unpaired) electrons. The Morgan fingerprint density at radius 1 is 0.444 bits per heavy atom. The van der Waals surface area contributed by atoms with Crippen molar-refractivity contribution in [3.63, 3.8) is 0 Å². The van der Waals surface area contributed by atoms with E-state index in [0.717, 1.165) is 0 Å². The molecule has 0 aromatic rings. The van der Waals surface area contributed by atoms with Crippen LogP contribution in [0.1, 0.15) is 0 Å². The first kappa shape index (κ1) is 61.6. The predicted octanol–water partition coefficient (Wildman–Crippen LogP) is -8.97. The molecule has 0 saturated heterocycles. The van der Waals surface area contributed by atoms with Crippen molar-refractivity contribution in [2.45, 2.75) is 0 Å². The van der Waals surface area contributed by atoms with Crippen LogP contribution in [0.4, 0.5) is 0 Å². The Bertz CT molecular complexity index is 118. The number of hydrogen-bond donors (Lipinski definition) is 0. The van der Waals surface area contributed by atoms with E-state index >= 15 is 0 Å². The summed E-state index contributed by atoms with van der Waals surface area (Å²) in [6.45, 7) is 0. The van der Waals surface area contributed by atoms with Crippen molar-refractivity contribution in [3.05, 3.63) is 0 Å². The standard InChI is InChI=1S/2Al.3HO3P.4H2O/c;;3*1-4(2)3;;;;/h;;3*(H,1,2,3);4*1H2/q2*+3;;;;;;;/p-3. The molecule has 18 heteroatoms. The quantitative estimate of drug-likeness (QED) is 0.290. The molecule has 0 aromatic heterocycles. The second kappa shape index (κ2) is 52.1. The Hall–Kier alpha value is 0.965. The maximum atomic E-state index is 8.48. The van der Waals surface area contributed by atoms with Crippen molar-refractivity contribution in [2.24, 2.45) is 0 Å². The predicted molar refractivity (Wildman–Crippen MR) is 48.8 cm³/mol. The van der Waals surface area contributed by atoms with Crippen LogP contribution in [0.25, 0.3) is 0 Å². The summed E-state index contributed by atoms with van der Waals surface area (Å²) in [6, 6.07) is 0. The maximum Gasteiger partial charge on any atom is 3.00 e. The van der Waals surface area contributed by atoms with Crippen LogP contribution in [0.3, 0.4) is 0 Å². The molecule has 0 aliphatic rings. The van der Waals surface area contributed by atoms with Crippen molar-refractivity contribution in [1.29, 1.82) is 0 Å². The van der Waals surface area contributed by atoms with E-state index in [4.69, 9.17) is 43.1 Å². The minimum atomic E-state index is -3.37. The molecule has 0 rings (SSSR count). The smallest absolute Gasteiger partial charge is 0.598 e. The van der Waals surface area contributed by atoms with E-state index < -0.39 is 24.8 Å². The van der Waals surface area contributed by atoms with Crippen molar-refractivity contribution < 1.29 is 65.0 Å². The first-order valence-corrected chi connectivity index (χ1v) is 4.93. The van der Waals surface area contributed by atoms with Gasteiger partial charge in [-0.3, -0.25) is 0 Å². The molecule has 0 saturated carbocycles. The zero-order chi connectivity index (χ0) is 10.7. The molecule has 0 bridgehead atoms. The first-order valence-electron chi connectivity index (χ1n) is 1.64. The molecule has 0 aliphatic carbocycles. The summed E-state index contributed by atoms with van der Waals surface area (Å²) in [4.78, 5) is 50.9. The minimum absolute atomic E-state index is 0. The molecule has 13 nitrogen and oxygen atoms in total. The van der Waals surface area contributed by atoms with E-state index in [1.54, 1.807) is 0 Å². The van der Waals surface area contributed by atoms with Crippen molar-refractivity contribution in [2.75, 3.05) is 0 Å². The van der Waals surface area contributed by atoms with Gasteiger partial charge in [0.1, 0.15) is 0 Å². The summed E-state index contributed by atoms with van der Waals surface area (Å²) >= 11 is 0. The molecule has 0 spiro atoms. The monoisotopic (exact) mass is 363 g/mol. The fraction of sp³-hybridized carbons (Fsp3) is 0. The van der Waals surface area contributed by atoms with E-state index in [-0.39, 0.29) is 56.6 Å². The molecule has 0 heterocycles. The third-order valence-electron chi connectivity index (χ3n) is 0. The van der Waals surface area contributed by atoms with Crippen LogP contribution >= 0.6 is 24.8 Å². The van der Waals surface area contributed by atoms with Gasteiger partial charge in [0.05, 0.1) is 0 Å². The van der Waals surface area contributed by atoms with Gasteiger partial charge in [0.15, 0.2) is 0 Å². The molecule has 8 N–H and O–H groups in total. The van der Waals surface area contributed by atoms with Gasteiger partial charge in [0.2, 0.25) is 0 Å². The Labute approximate surface area is 124 Å². The van der Waals surface area contributed by atoms with Crippen LogP contribution in [-0.4, -0.2) is 56.6 Å². The fourth-order valence-corrected chi connectivity index (χ4v) is 0. The van der Waals surface area contributed by atoms with Gasteiger partial charge in [-0.1, -0.05) is 13.7 Å². The van der Waals surface area contributed by atoms with Crippen LogP contribution in [0.15, 0.2) is 0 Å². The van der Waals surface area contributed by atoms with Gasteiger partial charge in [-0.25, -0.2) is 0 Å². The summed E-state index contributed by atoms with van der Waals surface area (Å²) in [5.74, 6) is 0. The molecule has 0 amide bonds. The summed E-state index contributed by atoms with van der Waals surface area (Å²) in [7, 11) is -10.1. The number of rotatable bonds is 0. The van der Waals surface area contributed by atoms with Crippen LogP contribution < -0.4 is 29.4 Å². The van der Waals surface area contributed by atoms with Crippen LogP contribution in [0.5, 0.6) is 0 Å². The van der Waals surface area contributed by atoms with Crippen molar-refractivity contribution in [3.8, 4) is 0 Å². The van der Waals surface area contributed by atoms with E-state index in [1.165, 1.54) is 0 Å². The average molecular weight is 363 g/mol. The molecule has 0 unspecified atom stereocenters. The van der Waals surface area contributed by atoms with Crippen molar-refractivity contribution in [1.82, 2.24) is 0 Å². The van der Waals surface area contributed by atoms with Gasteiger partial charge in [-0.2, -0.15) is 0 Å². The van der Waals surface area contributed by atoms with Gasteiger partial charge in [0, 0.05) is 0 Å². The maximum absolute atomic E-state index is 8.48. The Morgan fingerprint density at radius 3 is 0.444 bits per heavy atom. The summed E-state index contributed by atoms with van der Waals surface area (Å²) in [5.41, 5.74) is 0. The van der Waals surface area contributed by atoms with E-state index in [9.17, 15) is 0 Å². The van der Waals surface area contributed by atoms with Gasteiger partial charge < -0.3 is 51.3 Å². The van der Waals surface area contributed by atoms with Gasteiger partial charge in [-0.05, 0) is 0 Å². The molecule has 0 atom stereocenters. The van der Waals surface area contributed by atoms with Gasteiger partial charge in [-0.15, -0.1) is 0 Å².